The predicted octanol–water partition coefficient (Wildman–Crippen LogP) is 3.64. The molecule has 4 rings (SSSR count). The minimum absolute atomic E-state index is 0.107. The van der Waals surface area contributed by atoms with E-state index in [0.717, 1.165) is 22.5 Å². The summed E-state index contributed by atoms with van der Waals surface area (Å²) in [6.45, 7) is 0. The van der Waals surface area contributed by atoms with Gasteiger partial charge >= 0.3 is 0 Å². The molecular formula is C21H18N2O3. The minimum atomic E-state index is -0.177. The van der Waals surface area contributed by atoms with Gasteiger partial charge in [0.25, 0.3) is 0 Å². The summed E-state index contributed by atoms with van der Waals surface area (Å²) < 4.78 is 0. The number of phenolic OH excluding ortho intramolecular Hbond substituents is 3. The maximum absolute atomic E-state index is 9.57. The molecule has 0 bridgehead atoms. The van der Waals surface area contributed by atoms with Crippen molar-refractivity contribution in [2.24, 2.45) is 4.99 Å². The molecule has 0 unspecified atom stereocenters. The Morgan fingerprint density at radius 1 is 0.615 bits per heavy atom. The van der Waals surface area contributed by atoms with Gasteiger partial charge in [0.15, 0.2) is 0 Å². The zero-order chi connectivity index (χ0) is 18.1. The van der Waals surface area contributed by atoms with E-state index in [1.807, 2.05) is 36.4 Å². The van der Waals surface area contributed by atoms with Gasteiger partial charge in [-0.2, -0.15) is 0 Å². The molecule has 3 aromatic carbocycles. The Morgan fingerprint density at radius 2 is 1.08 bits per heavy atom. The van der Waals surface area contributed by atoms with Crippen LogP contribution in [0.4, 0.5) is 0 Å². The number of aliphatic imine (C=N–C) groups is 1. The molecule has 1 heterocycles. The number of nitrogens with one attached hydrogen (secondary N) is 1. The number of hydrogen-bond acceptors (Lipinski definition) is 5. The zero-order valence-corrected chi connectivity index (χ0v) is 13.9. The van der Waals surface area contributed by atoms with Crippen LogP contribution in [0, 0.1) is 0 Å². The smallest absolute Gasteiger partial charge is 0.129 e. The second kappa shape index (κ2) is 6.44. The monoisotopic (exact) mass is 346 g/mol. The summed E-state index contributed by atoms with van der Waals surface area (Å²) in [5.74, 6) is 1.37. The van der Waals surface area contributed by atoms with Crippen molar-refractivity contribution in [3.63, 3.8) is 0 Å². The molecule has 26 heavy (non-hydrogen) atoms. The number of hydrogen-bond donors (Lipinski definition) is 4. The topological polar surface area (TPSA) is 85.1 Å². The van der Waals surface area contributed by atoms with Crippen molar-refractivity contribution in [3.8, 4) is 17.2 Å². The molecular weight excluding hydrogens is 328 g/mol. The third-order valence-corrected chi connectivity index (χ3v) is 4.50. The second-order valence-corrected chi connectivity index (χ2v) is 6.27. The molecule has 4 N–H and O–H groups in total. The van der Waals surface area contributed by atoms with Crippen LogP contribution in [-0.4, -0.2) is 21.2 Å². The maximum atomic E-state index is 9.57. The normalized spacial score (nSPS) is 19.0. The van der Waals surface area contributed by atoms with E-state index in [9.17, 15) is 15.3 Å². The van der Waals surface area contributed by atoms with Gasteiger partial charge in [0.2, 0.25) is 0 Å². The molecule has 1 aliphatic heterocycles. The molecule has 0 spiro atoms. The Morgan fingerprint density at radius 3 is 1.62 bits per heavy atom. The van der Waals surface area contributed by atoms with Crippen LogP contribution in [0.1, 0.15) is 28.8 Å². The van der Waals surface area contributed by atoms with E-state index in [2.05, 4.69) is 5.32 Å². The summed E-state index contributed by atoms with van der Waals surface area (Å²) >= 11 is 0. The van der Waals surface area contributed by atoms with Gasteiger partial charge in [-0.05, 0) is 59.7 Å². The summed E-state index contributed by atoms with van der Waals surface area (Å²) in [4.78, 5) is 4.85. The number of nitrogens with zero attached hydrogens (tertiary/aromatic N) is 1. The highest BCUT2D eigenvalue weighted by Crippen LogP contribution is 2.38. The van der Waals surface area contributed by atoms with Crippen LogP contribution < -0.4 is 5.32 Å². The van der Waals surface area contributed by atoms with E-state index in [4.69, 9.17) is 4.99 Å². The van der Waals surface area contributed by atoms with Gasteiger partial charge in [0.05, 0.1) is 6.04 Å². The van der Waals surface area contributed by atoms with Crippen molar-refractivity contribution < 1.29 is 15.3 Å². The molecule has 5 nitrogen and oxygen atoms in total. The van der Waals surface area contributed by atoms with E-state index < -0.39 is 0 Å². The van der Waals surface area contributed by atoms with Crippen molar-refractivity contribution in [3.05, 3.63) is 89.5 Å². The van der Waals surface area contributed by atoms with Crippen molar-refractivity contribution in [2.75, 3.05) is 0 Å². The molecule has 1 aliphatic rings. The van der Waals surface area contributed by atoms with Crippen LogP contribution in [-0.2, 0) is 0 Å². The first-order valence-electron chi connectivity index (χ1n) is 8.32. The average Bonchev–Trinajstić information content (AvgIpc) is 3.09. The fourth-order valence-electron chi connectivity index (χ4n) is 3.14. The van der Waals surface area contributed by atoms with Crippen LogP contribution in [0.3, 0.4) is 0 Å². The van der Waals surface area contributed by atoms with Crippen LogP contribution in [0.5, 0.6) is 17.2 Å². The van der Waals surface area contributed by atoms with E-state index in [1.54, 1.807) is 36.4 Å². The Kier molecular flexibility index (Phi) is 3.97. The first-order chi connectivity index (χ1) is 12.6. The first-order valence-corrected chi connectivity index (χ1v) is 8.32. The van der Waals surface area contributed by atoms with Crippen molar-refractivity contribution in [1.29, 1.82) is 0 Å². The summed E-state index contributed by atoms with van der Waals surface area (Å²) in [6, 6.07) is 20.7. The SMILES string of the molecule is Oc1ccc(C2=N[C@H](c3ccc(O)cc3)[C@H](c3ccc(O)cc3)N2)cc1. The lowest BCUT2D eigenvalue weighted by Crippen LogP contribution is -2.25. The van der Waals surface area contributed by atoms with E-state index >= 15 is 0 Å². The lowest BCUT2D eigenvalue weighted by Gasteiger charge is -2.20. The first kappa shape index (κ1) is 16.0. The highest BCUT2D eigenvalue weighted by Gasteiger charge is 2.31. The Hall–Kier alpha value is -3.47. The lowest BCUT2D eigenvalue weighted by molar-refractivity contribution is 0.472. The fourth-order valence-corrected chi connectivity index (χ4v) is 3.14. The molecule has 0 aromatic heterocycles. The summed E-state index contributed by atoms with van der Waals surface area (Å²) in [7, 11) is 0. The van der Waals surface area contributed by atoms with Gasteiger partial charge in [-0.25, -0.2) is 0 Å². The molecule has 0 amide bonds. The van der Waals surface area contributed by atoms with Crippen LogP contribution in [0.25, 0.3) is 0 Å². The van der Waals surface area contributed by atoms with Gasteiger partial charge in [-0.1, -0.05) is 24.3 Å². The largest absolute Gasteiger partial charge is 0.508 e. The van der Waals surface area contributed by atoms with Gasteiger partial charge in [0, 0.05) is 5.56 Å². The number of rotatable bonds is 3. The Balaban J connectivity index is 1.74. The lowest BCUT2D eigenvalue weighted by atomic mass is 9.95. The highest BCUT2D eigenvalue weighted by atomic mass is 16.3. The van der Waals surface area contributed by atoms with Crippen LogP contribution in [0.15, 0.2) is 77.8 Å². The Labute approximate surface area is 150 Å². The molecule has 0 saturated carbocycles. The van der Waals surface area contributed by atoms with Crippen LogP contribution in [0.2, 0.25) is 0 Å². The molecule has 0 fully saturated rings. The second-order valence-electron chi connectivity index (χ2n) is 6.27. The third-order valence-electron chi connectivity index (χ3n) is 4.50. The summed E-state index contributed by atoms with van der Waals surface area (Å²) in [5, 5.41) is 32.1. The predicted molar refractivity (Wildman–Crippen MR) is 99.5 cm³/mol. The Bertz CT molecular complexity index is 933. The number of amidine groups is 1. The highest BCUT2D eigenvalue weighted by molar-refractivity contribution is 6.00. The van der Waals surface area contributed by atoms with E-state index in [-0.39, 0.29) is 29.3 Å². The number of benzene rings is 3. The molecule has 3 aromatic rings. The molecule has 0 saturated heterocycles. The van der Waals surface area contributed by atoms with Crippen molar-refractivity contribution in [1.82, 2.24) is 5.32 Å². The zero-order valence-electron chi connectivity index (χ0n) is 13.9. The van der Waals surface area contributed by atoms with Gasteiger partial charge in [0.1, 0.15) is 29.1 Å². The van der Waals surface area contributed by atoms with Crippen molar-refractivity contribution in [2.45, 2.75) is 12.1 Å². The standard InChI is InChI=1S/C21H18N2O3/c24-16-7-1-13(2-8-16)19-20(14-3-9-17(25)10-4-14)23-21(22-19)15-5-11-18(26)12-6-15/h1-12,19-20,24-26H,(H,22,23)/t19-,20+. The molecule has 2 atom stereocenters. The minimum Gasteiger partial charge on any atom is -0.508 e. The van der Waals surface area contributed by atoms with E-state index in [1.165, 1.54) is 0 Å². The summed E-state index contributed by atoms with van der Waals surface area (Å²) in [5.41, 5.74) is 2.86. The van der Waals surface area contributed by atoms with Gasteiger partial charge in [-0.3, -0.25) is 4.99 Å². The average molecular weight is 346 g/mol. The van der Waals surface area contributed by atoms with Gasteiger partial charge in [-0.15, -0.1) is 0 Å². The van der Waals surface area contributed by atoms with Crippen molar-refractivity contribution >= 4 is 5.84 Å². The molecule has 0 aliphatic carbocycles. The number of phenols is 3. The number of aromatic hydroxyl groups is 3. The van der Waals surface area contributed by atoms with E-state index in [0.29, 0.717) is 0 Å². The molecule has 5 heteroatoms. The molecule has 0 radical (unpaired) electrons. The summed E-state index contributed by atoms with van der Waals surface area (Å²) in [6.07, 6.45) is 0. The molecule has 130 valence electrons. The van der Waals surface area contributed by atoms with Crippen LogP contribution >= 0.6 is 0 Å². The van der Waals surface area contributed by atoms with Gasteiger partial charge < -0.3 is 20.6 Å². The maximum Gasteiger partial charge on any atom is 0.129 e. The third kappa shape index (κ3) is 3.07. The quantitative estimate of drug-likeness (QED) is 0.583. The fraction of sp³-hybridized carbons (Fsp3) is 0.0952.